The molecule has 0 radical (unpaired) electrons. The minimum atomic E-state index is -0.436. The Morgan fingerprint density at radius 3 is 2.16 bits per heavy atom. The van der Waals surface area contributed by atoms with Gasteiger partial charge in [0.15, 0.2) is 11.5 Å². The zero-order chi connectivity index (χ0) is 26.7. The zero-order valence-electron chi connectivity index (χ0n) is 21.7. The van der Waals surface area contributed by atoms with Crippen molar-refractivity contribution in [2.45, 2.75) is 39.9 Å². The number of nitrogens with one attached hydrogen (secondary N) is 1. The fraction of sp³-hybridized carbons (Fsp3) is 0.276. The Kier molecular flexibility index (Phi) is 7.47. The van der Waals surface area contributed by atoms with Crippen LogP contribution in [0.2, 0.25) is 0 Å². The Labute approximate surface area is 215 Å². The molecule has 192 valence electrons. The molecule has 0 aliphatic rings. The van der Waals surface area contributed by atoms with Crippen LogP contribution in [0.4, 0.5) is 0 Å². The van der Waals surface area contributed by atoms with Crippen LogP contribution in [0, 0.1) is 6.92 Å². The monoisotopic (exact) mass is 501 g/mol. The van der Waals surface area contributed by atoms with Crippen LogP contribution in [0.1, 0.15) is 40.9 Å². The van der Waals surface area contributed by atoms with Crippen LogP contribution in [0.3, 0.4) is 0 Å². The van der Waals surface area contributed by atoms with Gasteiger partial charge in [-0.2, -0.15) is 0 Å². The molecule has 8 heteroatoms. The lowest BCUT2D eigenvalue weighted by molar-refractivity contribution is 0.0943. The summed E-state index contributed by atoms with van der Waals surface area (Å²) in [5.74, 6) is 0.659. The van der Waals surface area contributed by atoms with Gasteiger partial charge in [0.25, 0.3) is 11.5 Å². The molecular formula is C29H31N3O5. The van der Waals surface area contributed by atoms with Crippen LogP contribution in [0.5, 0.6) is 11.5 Å². The van der Waals surface area contributed by atoms with Crippen molar-refractivity contribution in [1.29, 1.82) is 0 Å². The molecule has 0 saturated carbocycles. The van der Waals surface area contributed by atoms with Crippen molar-refractivity contribution < 1.29 is 14.3 Å². The number of hydrogen-bond donors (Lipinski definition) is 1. The van der Waals surface area contributed by atoms with E-state index in [1.54, 1.807) is 41.0 Å². The van der Waals surface area contributed by atoms with E-state index in [0.717, 1.165) is 16.7 Å². The highest BCUT2D eigenvalue weighted by molar-refractivity contribution is 5.94. The quantitative estimate of drug-likeness (QED) is 0.397. The average molecular weight is 502 g/mol. The molecule has 0 unspecified atom stereocenters. The van der Waals surface area contributed by atoms with Gasteiger partial charge in [-0.05, 0) is 55.7 Å². The number of carbonyl (C=O) groups excluding carboxylic acids is 1. The summed E-state index contributed by atoms with van der Waals surface area (Å²) in [4.78, 5) is 39.6. The third kappa shape index (κ3) is 5.28. The summed E-state index contributed by atoms with van der Waals surface area (Å²) in [5.41, 5.74) is 2.84. The van der Waals surface area contributed by atoms with Gasteiger partial charge in [-0.15, -0.1) is 0 Å². The number of benzene rings is 3. The molecule has 0 spiro atoms. The topological polar surface area (TPSA) is 91.6 Å². The van der Waals surface area contributed by atoms with Crippen molar-refractivity contribution in [3.63, 3.8) is 0 Å². The van der Waals surface area contributed by atoms with E-state index >= 15 is 0 Å². The number of aryl methyl sites for hydroxylation is 1. The summed E-state index contributed by atoms with van der Waals surface area (Å²) >= 11 is 0. The normalized spacial score (nSPS) is 11.1. The molecule has 0 bridgehead atoms. The molecule has 0 aliphatic heterocycles. The summed E-state index contributed by atoms with van der Waals surface area (Å²) in [6, 6.07) is 18.0. The second-order valence-corrected chi connectivity index (χ2v) is 9.24. The highest BCUT2D eigenvalue weighted by Crippen LogP contribution is 2.30. The second-order valence-electron chi connectivity index (χ2n) is 9.24. The van der Waals surface area contributed by atoms with Gasteiger partial charge in [-0.25, -0.2) is 4.79 Å². The smallest absolute Gasteiger partial charge is 0.332 e. The fourth-order valence-corrected chi connectivity index (χ4v) is 4.28. The Bertz CT molecular complexity index is 1570. The maximum Gasteiger partial charge on any atom is 0.332 e. The zero-order valence-corrected chi connectivity index (χ0v) is 21.7. The Balaban J connectivity index is 1.85. The summed E-state index contributed by atoms with van der Waals surface area (Å²) in [6.45, 7) is 6.11. The standard InChI is InChI=1S/C29H31N3O5/c1-18(2)30-27(33)21-12-10-20(11-13-21)16-32-28(34)23-14-25(36-4)26(37-5)15-24(23)31(29(32)35)17-22-9-7-6-8-19(22)3/h6-15,18H,16-17H2,1-5H3,(H,30,33). The first-order valence-corrected chi connectivity index (χ1v) is 12.1. The molecule has 1 N–H and O–H groups in total. The van der Waals surface area contributed by atoms with Crippen LogP contribution in [-0.2, 0) is 13.1 Å². The Morgan fingerprint density at radius 1 is 0.892 bits per heavy atom. The fourth-order valence-electron chi connectivity index (χ4n) is 4.28. The van der Waals surface area contributed by atoms with E-state index in [9.17, 15) is 14.4 Å². The van der Waals surface area contributed by atoms with Crippen LogP contribution in [-0.4, -0.2) is 35.3 Å². The number of methoxy groups -OCH3 is 2. The third-order valence-corrected chi connectivity index (χ3v) is 6.30. The second kappa shape index (κ2) is 10.7. The van der Waals surface area contributed by atoms with E-state index in [4.69, 9.17) is 9.47 Å². The van der Waals surface area contributed by atoms with Crippen molar-refractivity contribution >= 4 is 16.8 Å². The maximum absolute atomic E-state index is 13.8. The number of carbonyl (C=O) groups is 1. The van der Waals surface area contributed by atoms with Gasteiger partial charge >= 0.3 is 5.69 Å². The summed E-state index contributed by atoms with van der Waals surface area (Å²) < 4.78 is 13.7. The molecule has 1 aromatic heterocycles. The molecule has 0 fully saturated rings. The van der Waals surface area contributed by atoms with Gasteiger partial charge in [-0.3, -0.25) is 18.7 Å². The first kappa shape index (κ1) is 25.8. The van der Waals surface area contributed by atoms with E-state index < -0.39 is 11.2 Å². The van der Waals surface area contributed by atoms with E-state index in [-0.39, 0.29) is 25.0 Å². The van der Waals surface area contributed by atoms with Crippen molar-refractivity contribution in [2.24, 2.45) is 0 Å². The number of amides is 1. The molecule has 8 nitrogen and oxygen atoms in total. The van der Waals surface area contributed by atoms with Crippen LogP contribution in [0.15, 0.2) is 70.3 Å². The predicted molar refractivity (Wildman–Crippen MR) is 144 cm³/mol. The highest BCUT2D eigenvalue weighted by atomic mass is 16.5. The minimum absolute atomic E-state index is 0.0192. The first-order valence-electron chi connectivity index (χ1n) is 12.1. The number of nitrogens with zero attached hydrogens (tertiary/aromatic N) is 2. The van der Waals surface area contributed by atoms with E-state index in [1.807, 2.05) is 45.0 Å². The Morgan fingerprint density at radius 2 is 1.54 bits per heavy atom. The van der Waals surface area contributed by atoms with Crippen LogP contribution < -0.4 is 26.0 Å². The Hall–Kier alpha value is -4.33. The summed E-state index contributed by atoms with van der Waals surface area (Å²) in [5, 5.41) is 3.20. The molecule has 4 aromatic rings. The lowest BCUT2D eigenvalue weighted by atomic mass is 10.1. The van der Waals surface area contributed by atoms with Gasteiger partial charge in [0.1, 0.15) is 0 Å². The summed E-state index contributed by atoms with van der Waals surface area (Å²) in [6.07, 6.45) is 0. The number of fused-ring (bicyclic) bond motifs is 1. The molecule has 0 aliphatic carbocycles. The molecule has 1 amide bonds. The molecule has 0 atom stereocenters. The number of hydrogen-bond acceptors (Lipinski definition) is 5. The van der Waals surface area contributed by atoms with Crippen molar-refractivity contribution in [3.05, 3.63) is 104 Å². The molecule has 0 saturated heterocycles. The van der Waals surface area contributed by atoms with Gasteiger partial charge in [-0.1, -0.05) is 36.4 Å². The lowest BCUT2D eigenvalue weighted by Crippen LogP contribution is -2.40. The van der Waals surface area contributed by atoms with Gasteiger partial charge in [0, 0.05) is 17.7 Å². The largest absolute Gasteiger partial charge is 0.493 e. The van der Waals surface area contributed by atoms with Crippen molar-refractivity contribution in [2.75, 3.05) is 14.2 Å². The van der Waals surface area contributed by atoms with E-state index in [1.165, 1.54) is 18.8 Å². The molecule has 4 rings (SSSR count). The molecule has 1 heterocycles. The molecule has 3 aromatic carbocycles. The maximum atomic E-state index is 13.8. The van der Waals surface area contributed by atoms with E-state index in [2.05, 4.69) is 5.32 Å². The highest BCUT2D eigenvalue weighted by Gasteiger charge is 2.18. The lowest BCUT2D eigenvalue weighted by Gasteiger charge is -2.17. The summed E-state index contributed by atoms with van der Waals surface area (Å²) in [7, 11) is 3.02. The number of ether oxygens (including phenoxy) is 2. The van der Waals surface area contributed by atoms with Gasteiger partial charge in [0.2, 0.25) is 0 Å². The SMILES string of the molecule is COc1cc2c(=O)n(Cc3ccc(C(=O)NC(C)C)cc3)c(=O)n(Cc3ccccc3C)c2cc1OC. The average Bonchev–Trinajstić information content (AvgIpc) is 2.89. The van der Waals surface area contributed by atoms with E-state index in [0.29, 0.717) is 28.0 Å². The third-order valence-electron chi connectivity index (χ3n) is 6.30. The molecule has 37 heavy (non-hydrogen) atoms. The minimum Gasteiger partial charge on any atom is -0.493 e. The van der Waals surface area contributed by atoms with Crippen molar-refractivity contribution in [3.8, 4) is 11.5 Å². The predicted octanol–water partition coefficient (Wildman–Crippen LogP) is 3.72. The van der Waals surface area contributed by atoms with Crippen LogP contribution in [0.25, 0.3) is 10.9 Å². The van der Waals surface area contributed by atoms with Crippen LogP contribution >= 0.6 is 0 Å². The van der Waals surface area contributed by atoms with Crippen molar-refractivity contribution in [1.82, 2.24) is 14.5 Å². The van der Waals surface area contributed by atoms with Gasteiger partial charge < -0.3 is 14.8 Å². The number of aromatic nitrogens is 2. The number of rotatable bonds is 8. The van der Waals surface area contributed by atoms with Gasteiger partial charge in [0.05, 0.1) is 38.2 Å². The molecular weight excluding hydrogens is 470 g/mol. The first-order chi connectivity index (χ1) is 17.7.